The number of benzene rings is 1. The highest BCUT2D eigenvalue weighted by Gasteiger charge is 2.16. The third-order valence-electron chi connectivity index (χ3n) is 2.85. The lowest BCUT2D eigenvalue weighted by Crippen LogP contribution is -2.07. The van der Waals surface area contributed by atoms with Crippen LogP contribution in [0.2, 0.25) is 5.02 Å². The van der Waals surface area contributed by atoms with Crippen LogP contribution in [0.1, 0.15) is 17.0 Å². The molecule has 0 aliphatic heterocycles. The summed E-state index contributed by atoms with van der Waals surface area (Å²) >= 11 is 9.52. The molecule has 1 unspecified atom stereocenters. The molecule has 0 spiro atoms. The van der Waals surface area contributed by atoms with Gasteiger partial charge in [0.1, 0.15) is 5.82 Å². The van der Waals surface area contributed by atoms with E-state index in [-0.39, 0.29) is 11.7 Å². The second-order valence-corrected chi connectivity index (χ2v) is 5.10. The van der Waals surface area contributed by atoms with Gasteiger partial charge in [0.2, 0.25) is 0 Å². The Morgan fingerprint density at radius 1 is 1.28 bits per heavy atom. The molecule has 0 aliphatic carbocycles. The predicted molar refractivity (Wildman–Crippen MR) is 75.9 cm³/mol. The monoisotopic (exact) mass is 327 g/mol. The Morgan fingerprint density at radius 2 is 2.06 bits per heavy atom. The quantitative estimate of drug-likeness (QED) is 0.748. The second kappa shape index (κ2) is 6.30. The van der Waals surface area contributed by atoms with Crippen LogP contribution < -0.4 is 0 Å². The number of rotatable bonds is 4. The van der Waals surface area contributed by atoms with Crippen LogP contribution >= 0.6 is 27.5 Å². The number of pyridine rings is 1. The molecule has 1 nitrogen and oxygen atoms in total. The van der Waals surface area contributed by atoms with Crippen LogP contribution in [0.25, 0.3) is 0 Å². The summed E-state index contributed by atoms with van der Waals surface area (Å²) in [5, 5.41) is 1.31. The molecular weight excluding hydrogens is 317 g/mol. The smallest absolute Gasteiger partial charge is 0.126 e. The van der Waals surface area contributed by atoms with Gasteiger partial charge in [0.15, 0.2) is 0 Å². The van der Waals surface area contributed by atoms with Crippen molar-refractivity contribution in [3.8, 4) is 0 Å². The summed E-state index contributed by atoms with van der Waals surface area (Å²) in [5.41, 5.74) is 1.70. The third-order valence-corrected chi connectivity index (χ3v) is 3.98. The molecule has 1 aromatic carbocycles. The van der Waals surface area contributed by atoms with E-state index in [4.69, 9.17) is 11.6 Å². The van der Waals surface area contributed by atoms with E-state index < -0.39 is 0 Å². The van der Waals surface area contributed by atoms with Crippen molar-refractivity contribution >= 4 is 27.5 Å². The zero-order valence-corrected chi connectivity index (χ0v) is 12.0. The number of halogens is 3. The van der Waals surface area contributed by atoms with Gasteiger partial charge >= 0.3 is 0 Å². The second-order valence-electron chi connectivity index (χ2n) is 4.04. The van der Waals surface area contributed by atoms with Gasteiger partial charge in [-0.3, -0.25) is 4.98 Å². The predicted octanol–water partition coefficient (Wildman–Crippen LogP) is 4.60. The highest BCUT2D eigenvalue weighted by molar-refractivity contribution is 9.09. The van der Waals surface area contributed by atoms with Crippen LogP contribution in [-0.2, 0) is 6.42 Å². The van der Waals surface area contributed by atoms with Crippen LogP contribution in [-0.4, -0.2) is 10.3 Å². The van der Waals surface area contributed by atoms with Crippen LogP contribution in [0.15, 0.2) is 42.7 Å². The Labute approximate surface area is 119 Å². The van der Waals surface area contributed by atoms with Crippen LogP contribution in [0.5, 0.6) is 0 Å². The van der Waals surface area contributed by atoms with Crippen molar-refractivity contribution in [3.05, 3.63) is 64.7 Å². The van der Waals surface area contributed by atoms with Gasteiger partial charge in [0.25, 0.3) is 0 Å². The number of hydrogen-bond donors (Lipinski definition) is 0. The van der Waals surface area contributed by atoms with Gasteiger partial charge in [-0.1, -0.05) is 45.7 Å². The van der Waals surface area contributed by atoms with Gasteiger partial charge in [0, 0.05) is 23.6 Å². The first-order chi connectivity index (χ1) is 8.72. The highest BCUT2D eigenvalue weighted by atomic mass is 79.9. The van der Waals surface area contributed by atoms with Crippen molar-refractivity contribution < 1.29 is 4.39 Å². The van der Waals surface area contributed by atoms with Crippen molar-refractivity contribution in [2.24, 2.45) is 0 Å². The van der Waals surface area contributed by atoms with Gasteiger partial charge in [-0.05, 0) is 29.7 Å². The van der Waals surface area contributed by atoms with Crippen LogP contribution in [0, 0.1) is 5.82 Å². The van der Waals surface area contributed by atoms with Gasteiger partial charge < -0.3 is 0 Å². The molecule has 0 saturated heterocycles. The van der Waals surface area contributed by atoms with Gasteiger partial charge in [-0.15, -0.1) is 0 Å². The molecule has 0 saturated carbocycles. The van der Waals surface area contributed by atoms with Crippen LogP contribution in [0.3, 0.4) is 0 Å². The standard InChI is InChI=1S/C14H12BrClFN/c15-8-11(12-3-1-2-4-14(12)17)7-10-5-6-18-9-13(10)16/h1-6,9,11H,7-8H2. The molecule has 4 heteroatoms. The number of alkyl halides is 1. The number of nitrogens with zero attached hydrogens (tertiary/aromatic N) is 1. The summed E-state index contributed by atoms with van der Waals surface area (Å²) in [4.78, 5) is 3.95. The Balaban J connectivity index is 2.26. The molecule has 94 valence electrons. The molecule has 0 radical (unpaired) electrons. The maximum atomic E-state index is 13.8. The van der Waals surface area contributed by atoms with E-state index in [1.165, 1.54) is 6.07 Å². The minimum Gasteiger partial charge on any atom is -0.263 e. The molecule has 1 aromatic heterocycles. The third kappa shape index (κ3) is 3.09. The minimum atomic E-state index is -0.174. The van der Waals surface area contributed by atoms with Gasteiger partial charge in [-0.25, -0.2) is 4.39 Å². The van der Waals surface area contributed by atoms with Gasteiger partial charge in [0.05, 0.1) is 5.02 Å². The molecule has 2 aromatic rings. The zero-order chi connectivity index (χ0) is 13.0. The average Bonchev–Trinajstić information content (AvgIpc) is 2.39. The van der Waals surface area contributed by atoms with E-state index in [1.807, 2.05) is 18.2 Å². The van der Waals surface area contributed by atoms with Crippen molar-refractivity contribution in [3.63, 3.8) is 0 Å². The molecule has 1 atom stereocenters. The van der Waals surface area contributed by atoms with Crippen molar-refractivity contribution in [2.75, 3.05) is 5.33 Å². The Kier molecular flexibility index (Phi) is 4.72. The topological polar surface area (TPSA) is 12.9 Å². The molecule has 2 rings (SSSR count). The van der Waals surface area contributed by atoms with Gasteiger partial charge in [-0.2, -0.15) is 0 Å². The largest absolute Gasteiger partial charge is 0.263 e. The Morgan fingerprint density at radius 3 is 2.72 bits per heavy atom. The van der Waals surface area contributed by atoms with Crippen molar-refractivity contribution in [2.45, 2.75) is 12.3 Å². The summed E-state index contributed by atoms with van der Waals surface area (Å²) in [6.45, 7) is 0. The molecule has 0 aliphatic rings. The Bertz CT molecular complexity index is 533. The average molecular weight is 329 g/mol. The fourth-order valence-electron chi connectivity index (χ4n) is 1.89. The first kappa shape index (κ1) is 13.5. The van der Waals surface area contributed by atoms with E-state index in [1.54, 1.807) is 18.5 Å². The van der Waals surface area contributed by atoms with Crippen molar-refractivity contribution in [1.29, 1.82) is 0 Å². The molecule has 0 amide bonds. The summed E-state index contributed by atoms with van der Waals surface area (Å²) in [5.74, 6) is -0.113. The summed E-state index contributed by atoms with van der Waals surface area (Å²) in [6.07, 6.45) is 4.00. The lowest BCUT2D eigenvalue weighted by atomic mass is 9.94. The maximum Gasteiger partial charge on any atom is 0.126 e. The van der Waals surface area contributed by atoms with E-state index in [9.17, 15) is 4.39 Å². The molecule has 0 bridgehead atoms. The lowest BCUT2D eigenvalue weighted by Gasteiger charge is -2.16. The zero-order valence-electron chi connectivity index (χ0n) is 9.61. The molecule has 18 heavy (non-hydrogen) atoms. The number of hydrogen-bond acceptors (Lipinski definition) is 1. The molecular formula is C14H12BrClFN. The summed E-state index contributed by atoms with van der Waals surface area (Å²) in [7, 11) is 0. The van der Waals surface area contributed by atoms with E-state index in [0.29, 0.717) is 22.3 Å². The summed E-state index contributed by atoms with van der Waals surface area (Å²) < 4.78 is 13.8. The normalized spacial score (nSPS) is 12.4. The first-order valence-electron chi connectivity index (χ1n) is 5.61. The number of aromatic nitrogens is 1. The van der Waals surface area contributed by atoms with Crippen LogP contribution in [0.4, 0.5) is 4.39 Å². The fourth-order valence-corrected chi connectivity index (χ4v) is 2.66. The maximum absolute atomic E-state index is 13.8. The van der Waals surface area contributed by atoms with Crippen molar-refractivity contribution in [1.82, 2.24) is 4.98 Å². The summed E-state index contributed by atoms with van der Waals surface area (Å²) in [6, 6.07) is 8.72. The highest BCUT2D eigenvalue weighted by Crippen LogP contribution is 2.27. The minimum absolute atomic E-state index is 0.0612. The van der Waals surface area contributed by atoms with E-state index >= 15 is 0 Å². The molecule has 1 heterocycles. The SMILES string of the molecule is Fc1ccccc1C(CBr)Cc1ccncc1Cl. The Hall–Kier alpha value is -0.930. The molecule has 0 N–H and O–H groups in total. The molecule has 0 fully saturated rings. The fraction of sp³-hybridized carbons (Fsp3) is 0.214. The lowest BCUT2D eigenvalue weighted by molar-refractivity contribution is 0.590. The van der Waals surface area contributed by atoms with E-state index in [0.717, 1.165) is 5.56 Å². The first-order valence-corrected chi connectivity index (χ1v) is 7.11. The van der Waals surface area contributed by atoms with E-state index in [2.05, 4.69) is 20.9 Å².